The van der Waals surface area contributed by atoms with Crippen LogP contribution in [0, 0.1) is 0 Å². The molecule has 160 valence electrons. The van der Waals surface area contributed by atoms with E-state index in [2.05, 4.69) is 22.2 Å². The van der Waals surface area contributed by atoms with Gasteiger partial charge in [-0.15, -0.1) is 24.0 Å². The Bertz CT molecular complexity index is 447. The number of alkyl halides is 3. The average molecular weight is 505 g/mol. The van der Waals surface area contributed by atoms with Gasteiger partial charge in [0.15, 0.2) is 5.96 Å². The molecule has 0 spiro atoms. The first-order valence-electron chi connectivity index (χ1n) is 9.87. The highest BCUT2D eigenvalue weighted by Gasteiger charge is 2.41. The molecule has 0 amide bonds. The second-order valence-electron chi connectivity index (χ2n) is 7.40. The highest BCUT2D eigenvalue weighted by molar-refractivity contribution is 14.0. The summed E-state index contributed by atoms with van der Waals surface area (Å²) in [5, 5.41) is 3.29. The summed E-state index contributed by atoms with van der Waals surface area (Å²) in [6.07, 6.45) is 1.04. The Morgan fingerprint density at radius 3 is 2.30 bits per heavy atom. The number of guanidine groups is 1. The van der Waals surface area contributed by atoms with Crippen molar-refractivity contribution in [1.82, 2.24) is 20.0 Å². The fraction of sp³-hybridized carbons (Fsp3) is 0.944. The molecule has 1 N–H and O–H groups in total. The van der Waals surface area contributed by atoms with E-state index >= 15 is 0 Å². The molecule has 5 nitrogen and oxygen atoms in total. The van der Waals surface area contributed by atoms with Crippen LogP contribution in [0.3, 0.4) is 0 Å². The van der Waals surface area contributed by atoms with Crippen molar-refractivity contribution >= 4 is 29.9 Å². The Morgan fingerprint density at radius 1 is 1.19 bits per heavy atom. The molecular weight excluding hydrogens is 470 g/mol. The zero-order valence-electron chi connectivity index (χ0n) is 16.8. The van der Waals surface area contributed by atoms with E-state index in [0.29, 0.717) is 38.8 Å². The molecule has 0 bridgehead atoms. The minimum absolute atomic E-state index is 0. The summed E-state index contributed by atoms with van der Waals surface area (Å²) in [5.41, 5.74) is 0. The number of aliphatic imine (C=N–C) groups is 1. The summed E-state index contributed by atoms with van der Waals surface area (Å²) in [4.78, 5) is 10.7. The Labute approximate surface area is 178 Å². The molecule has 9 heteroatoms. The molecule has 1 saturated carbocycles. The number of piperazine rings is 1. The van der Waals surface area contributed by atoms with Gasteiger partial charge in [0.25, 0.3) is 0 Å². The van der Waals surface area contributed by atoms with Gasteiger partial charge in [0.05, 0.1) is 6.54 Å². The summed E-state index contributed by atoms with van der Waals surface area (Å²) in [6, 6.07) is -0.704. The lowest BCUT2D eigenvalue weighted by molar-refractivity contribution is -0.181. The number of hydrogen-bond acceptors (Lipinski definition) is 3. The molecule has 0 radical (unpaired) electrons. The third-order valence-corrected chi connectivity index (χ3v) is 5.63. The van der Waals surface area contributed by atoms with Crippen LogP contribution in [0.4, 0.5) is 13.2 Å². The van der Waals surface area contributed by atoms with Crippen LogP contribution >= 0.6 is 24.0 Å². The smallest absolute Gasteiger partial charge is 0.357 e. The van der Waals surface area contributed by atoms with Gasteiger partial charge in [-0.1, -0.05) is 12.8 Å². The standard InChI is InChI=1S/C18H34F3N5.HI/c1-4-22-17(23-9-10-24(3)16-7-5-6-8-16)26-13-11-25(12-14-26)15(2)18(19,20)21;/h15-16H,4-14H2,1-3H3,(H,22,23);1H. The Morgan fingerprint density at radius 2 is 1.78 bits per heavy atom. The second kappa shape index (κ2) is 11.6. The van der Waals surface area contributed by atoms with E-state index in [1.165, 1.54) is 37.5 Å². The zero-order valence-corrected chi connectivity index (χ0v) is 19.1. The van der Waals surface area contributed by atoms with E-state index in [0.717, 1.165) is 19.0 Å². The number of nitrogens with one attached hydrogen (secondary N) is 1. The van der Waals surface area contributed by atoms with Crippen molar-refractivity contribution in [3.63, 3.8) is 0 Å². The Hall–Kier alpha value is -0.290. The number of halogens is 4. The molecule has 0 aromatic heterocycles. The molecule has 2 rings (SSSR count). The third kappa shape index (κ3) is 7.56. The number of rotatable bonds is 6. The predicted octanol–water partition coefficient (Wildman–Crippen LogP) is 3.01. The maximum absolute atomic E-state index is 12.9. The van der Waals surface area contributed by atoms with Crippen molar-refractivity contribution < 1.29 is 13.2 Å². The van der Waals surface area contributed by atoms with Gasteiger partial charge in [-0.05, 0) is 33.7 Å². The number of likely N-dealkylation sites (N-methyl/N-ethyl adjacent to an activating group) is 1. The number of nitrogens with zero attached hydrogens (tertiary/aromatic N) is 4. The van der Waals surface area contributed by atoms with Crippen LogP contribution < -0.4 is 5.32 Å². The molecule has 2 aliphatic rings. The van der Waals surface area contributed by atoms with Crippen molar-refractivity contribution in [2.45, 2.75) is 57.8 Å². The molecule has 0 aromatic rings. The van der Waals surface area contributed by atoms with Crippen LogP contribution in [0.1, 0.15) is 39.5 Å². The highest BCUT2D eigenvalue weighted by Crippen LogP contribution is 2.25. The minimum atomic E-state index is -4.16. The first-order chi connectivity index (χ1) is 12.3. The van der Waals surface area contributed by atoms with Crippen LogP contribution in [0.25, 0.3) is 0 Å². The van der Waals surface area contributed by atoms with Gasteiger partial charge < -0.3 is 15.1 Å². The summed E-state index contributed by atoms with van der Waals surface area (Å²) in [6.45, 7) is 7.63. The van der Waals surface area contributed by atoms with E-state index < -0.39 is 12.2 Å². The molecule has 1 aliphatic carbocycles. The van der Waals surface area contributed by atoms with Crippen molar-refractivity contribution in [3.05, 3.63) is 0 Å². The SMILES string of the molecule is CCNC(=NCCN(C)C1CCCC1)N1CCN(C(C)C(F)(F)F)CC1.I. The van der Waals surface area contributed by atoms with Crippen molar-refractivity contribution in [2.24, 2.45) is 4.99 Å². The maximum Gasteiger partial charge on any atom is 0.403 e. The monoisotopic (exact) mass is 505 g/mol. The van der Waals surface area contributed by atoms with Crippen LogP contribution in [-0.4, -0.2) is 91.8 Å². The molecule has 1 saturated heterocycles. The molecule has 27 heavy (non-hydrogen) atoms. The van der Waals surface area contributed by atoms with E-state index in [4.69, 9.17) is 4.99 Å². The molecule has 2 fully saturated rings. The molecular formula is C18H35F3IN5. The average Bonchev–Trinajstić information content (AvgIpc) is 3.14. The van der Waals surface area contributed by atoms with Crippen LogP contribution in [0.5, 0.6) is 0 Å². The van der Waals surface area contributed by atoms with E-state index in [-0.39, 0.29) is 24.0 Å². The topological polar surface area (TPSA) is 34.1 Å². The van der Waals surface area contributed by atoms with Crippen molar-refractivity contribution in [1.29, 1.82) is 0 Å². The summed E-state index contributed by atoms with van der Waals surface area (Å²) >= 11 is 0. The van der Waals surface area contributed by atoms with E-state index in [9.17, 15) is 13.2 Å². The van der Waals surface area contributed by atoms with Crippen molar-refractivity contribution in [2.75, 3.05) is 52.9 Å². The summed E-state index contributed by atoms with van der Waals surface area (Å²) < 4.78 is 38.7. The van der Waals surface area contributed by atoms with Crippen molar-refractivity contribution in [3.8, 4) is 0 Å². The fourth-order valence-electron chi connectivity index (χ4n) is 3.80. The van der Waals surface area contributed by atoms with Gasteiger partial charge in [-0.3, -0.25) is 9.89 Å². The van der Waals surface area contributed by atoms with Gasteiger partial charge in [-0.25, -0.2) is 0 Å². The normalized spacial score (nSPS) is 21.4. The lowest BCUT2D eigenvalue weighted by Gasteiger charge is -2.39. The van der Waals surface area contributed by atoms with Gasteiger partial charge in [0, 0.05) is 45.3 Å². The van der Waals surface area contributed by atoms with E-state index in [1.54, 1.807) is 0 Å². The summed E-state index contributed by atoms with van der Waals surface area (Å²) in [7, 11) is 2.16. The first-order valence-corrected chi connectivity index (χ1v) is 9.87. The molecule has 1 atom stereocenters. The maximum atomic E-state index is 12.9. The zero-order chi connectivity index (χ0) is 19.2. The van der Waals surface area contributed by atoms with Crippen LogP contribution in [0.15, 0.2) is 4.99 Å². The van der Waals surface area contributed by atoms with Crippen LogP contribution in [-0.2, 0) is 0 Å². The number of hydrogen-bond donors (Lipinski definition) is 1. The molecule has 1 heterocycles. The lowest BCUT2D eigenvalue weighted by atomic mass is 10.2. The Kier molecular flexibility index (Phi) is 10.7. The lowest BCUT2D eigenvalue weighted by Crippen LogP contribution is -2.56. The van der Waals surface area contributed by atoms with Gasteiger partial charge in [0.1, 0.15) is 6.04 Å². The minimum Gasteiger partial charge on any atom is -0.357 e. The predicted molar refractivity (Wildman–Crippen MR) is 115 cm³/mol. The quantitative estimate of drug-likeness (QED) is 0.342. The largest absolute Gasteiger partial charge is 0.403 e. The molecule has 1 unspecified atom stereocenters. The highest BCUT2D eigenvalue weighted by atomic mass is 127. The third-order valence-electron chi connectivity index (χ3n) is 5.63. The van der Waals surface area contributed by atoms with Gasteiger partial charge in [-0.2, -0.15) is 13.2 Å². The second-order valence-corrected chi connectivity index (χ2v) is 7.40. The molecule has 1 aliphatic heterocycles. The fourth-order valence-corrected chi connectivity index (χ4v) is 3.80. The van der Waals surface area contributed by atoms with Gasteiger partial charge >= 0.3 is 6.18 Å². The van der Waals surface area contributed by atoms with E-state index in [1.807, 2.05) is 6.92 Å². The van der Waals surface area contributed by atoms with Gasteiger partial charge in [0.2, 0.25) is 0 Å². The van der Waals surface area contributed by atoms with Crippen LogP contribution in [0.2, 0.25) is 0 Å². The molecule has 0 aromatic carbocycles. The first kappa shape index (κ1) is 24.7. The summed E-state index contributed by atoms with van der Waals surface area (Å²) in [5.74, 6) is 0.826. The Balaban J connectivity index is 0.00000364.